The highest BCUT2D eigenvalue weighted by Gasteiger charge is 2.37. The van der Waals surface area contributed by atoms with Gasteiger partial charge >= 0.3 is 0 Å². The third-order valence-corrected chi connectivity index (χ3v) is 5.04. The lowest BCUT2D eigenvalue weighted by molar-refractivity contribution is -0.130. The lowest BCUT2D eigenvalue weighted by atomic mass is 10.0. The number of amides is 1. The number of aryl methyl sites for hydroxylation is 1. The smallest absolute Gasteiger partial charge is 0.261 e. The summed E-state index contributed by atoms with van der Waals surface area (Å²) in [7, 11) is 0. The number of rotatable bonds is 3. The number of carbonyl (C=O) groups excluding carboxylic acids is 1. The second kappa shape index (κ2) is 6.91. The highest BCUT2D eigenvalue weighted by molar-refractivity contribution is 5.85. The molecule has 2 atom stereocenters. The van der Waals surface area contributed by atoms with Crippen LogP contribution >= 0.6 is 12.4 Å². The van der Waals surface area contributed by atoms with Crippen molar-refractivity contribution in [2.75, 3.05) is 26.2 Å². The average Bonchev–Trinajstić information content (AvgIpc) is 3.16. The van der Waals surface area contributed by atoms with Crippen LogP contribution in [0.4, 0.5) is 0 Å². The van der Waals surface area contributed by atoms with E-state index < -0.39 is 0 Å². The number of carbonyl (C=O) groups is 1. The molecule has 3 heterocycles. The first-order chi connectivity index (χ1) is 11.2. The molecule has 6 nitrogen and oxygen atoms in total. The summed E-state index contributed by atoms with van der Waals surface area (Å²) in [5.74, 6) is 1.34. The first-order valence-electron chi connectivity index (χ1n) is 8.15. The lowest BCUT2D eigenvalue weighted by Crippen LogP contribution is -2.33. The van der Waals surface area contributed by atoms with Gasteiger partial charge < -0.3 is 10.2 Å². The highest BCUT2D eigenvalue weighted by atomic mass is 35.5. The van der Waals surface area contributed by atoms with Gasteiger partial charge in [0.25, 0.3) is 5.56 Å². The zero-order valence-corrected chi connectivity index (χ0v) is 14.2. The Labute approximate surface area is 146 Å². The van der Waals surface area contributed by atoms with E-state index in [0.717, 1.165) is 26.2 Å². The van der Waals surface area contributed by atoms with Crippen LogP contribution in [-0.2, 0) is 11.3 Å². The van der Waals surface area contributed by atoms with Crippen molar-refractivity contribution in [2.45, 2.75) is 13.0 Å². The van der Waals surface area contributed by atoms with Gasteiger partial charge in [0.1, 0.15) is 0 Å². The Kier molecular flexibility index (Phi) is 4.87. The van der Waals surface area contributed by atoms with Crippen molar-refractivity contribution < 1.29 is 4.79 Å². The van der Waals surface area contributed by atoms with Gasteiger partial charge in [0.05, 0.1) is 17.2 Å². The lowest BCUT2D eigenvalue weighted by Gasteiger charge is -2.17. The SMILES string of the molecule is Cl.O=C(CCn1cnc2ccccc2c1=O)N1C[C@H]2CNC[C@H]2C1. The summed E-state index contributed by atoms with van der Waals surface area (Å²) >= 11 is 0. The predicted octanol–water partition coefficient (Wildman–Crippen LogP) is 0.886. The number of para-hydroxylation sites is 1. The maximum absolute atomic E-state index is 12.4. The molecule has 128 valence electrons. The third-order valence-electron chi connectivity index (χ3n) is 5.04. The van der Waals surface area contributed by atoms with E-state index in [4.69, 9.17) is 0 Å². The minimum atomic E-state index is -0.0779. The Morgan fingerprint density at radius 3 is 2.67 bits per heavy atom. The fourth-order valence-corrected chi connectivity index (χ4v) is 3.70. The number of fused-ring (bicyclic) bond motifs is 2. The number of nitrogens with one attached hydrogen (secondary N) is 1. The fraction of sp³-hybridized carbons (Fsp3) is 0.471. The van der Waals surface area contributed by atoms with Gasteiger partial charge in [-0.25, -0.2) is 4.98 Å². The predicted molar refractivity (Wildman–Crippen MR) is 94.3 cm³/mol. The molecular weight excluding hydrogens is 328 g/mol. The van der Waals surface area contributed by atoms with Gasteiger partial charge in [0, 0.05) is 39.1 Å². The standard InChI is InChI=1S/C17H20N4O2.ClH/c22-16(21-9-12-7-18-8-13(12)10-21)5-6-20-11-19-15-4-2-1-3-14(15)17(20)23;/h1-4,11-13,18H,5-10H2;1H/t12-,13+;. The maximum atomic E-state index is 12.4. The number of benzene rings is 1. The van der Waals surface area contributed by atoms with Gasteiger partial charge in [0.15, 0.2) is 0 Å². The molecule has 4 rings (SSSR count). The van der Waals surface area contributed by atoms with Crippen molar-refractivity contribution in [3.05, 3.63) is 40.9 Å². The maximum Gasteiger partial charge on any atom is 0.261 e. The Morgan fingerprint density at radius 2 is 1.92 bits per heavy atom. The average molecular weight is 349 g/mol. The van der Waals surface area contributed by atoms with Gasteiger partial charge in [-0.15, -0.1) is 12.4 Å². The summed E-state index contributed by atoms with van der Waals surface area (Å²) in [5, 5.41) is 3.98. The van der Waals surface area contributed by atoms with Crippen LogP contribution in [-0.4, -0.2) is 46.5 Å². The van der Waals surface area contributed by atoms with Crippen LogP contribution in [0.3, 0.4) is 0 Å². The summed E-state index contributed by atoms with van der Waals surface area (Å²) in [6.07, 6.45) is 1.90. The van der Waals surface area contributed by atoms with Crippen LogP contribution < -0.4 is 10.9 Å². The van der Waals surface area contributed by atoms with Crippen molar-refractivity contribution in [1.82, 2.24) is 19.8 Å². The molecule has 2 fully saturated rings. The molecule has 2 aliphatic rings. The van der Waals surface area contributed by atoms with Crippen LogP contribution in [0.15, 0.2) is 35.4 Å². The molecule has 0 unspecified atom stereocenters. The topological polar surface area (TPSA) is 67.2 Å². The first kappa shape index (κ1) is 16.9. The van der Waals surface area contributed by atoms with Crippen molar-refractivity contribution in [3.8, 4) is 0 Å². The van der Waals surface area contributed by atoms with Gasteiger partial charge in [-0.3, -0.25) is 14.2 Å². The molecule has 0 saturated carbocycles. The monoisotopic (exact) mass is 348 g/mol. The molecule has 1 amide bonds. The summed E-state index contributed by atoms with van der Waals surface area (Å²) in [5.41, 5.74) is 0.617. The van der Waals surface area contributed by atoms with Crippen molar-refractivity contribution in [2.24, 2.45) is 11.8 Å². The molecule has 7 heteroatoms. The Hall–Kier alpha value is -1.92. The van der Waals surface area contributed by atoms with Crippen LogP contribution in [0.1, 0.15) is 6.42 Å². The molecule has 2 aliphatic heterocycles. The van der Waals surface area contributed by atoms with Crippen LogP contribution in [0, 0.1) is 11.8 Å². The normalized spacial score (nSPS) is 22.4. The molecule has 0 spiro atoms. The molecule has 0 bridgehead atoms. The number of nitrogens with zero attached hydrogens (tertiary/aromatic N) is 3. The zero-order valence-electron chi connectivity index (χ0n) is 13.4. The van der Waals surface area contributed by atoms with Crippen molar-refractivity contribution in [1.29, 1.82) is 0 Å². The van der Waals surface area contributed by atoms with E-state index in [1.165, 1.54) is 0 Å². The highest BCUT2D eigenvalue weighted by Crippen LogP contribution is 2.26. The second-order valence-corrected chi connectivity index (χ2v) is 6.49. The minimum absolute atomic E-state index is 0. The van der Waals surface area contributed by atoms with Crippen molar-refractivity contribution >= 4 is 29.2 Å². The Morgan fingerprint density at radius 1 is 1.21 bits per heavy atom. The van der Waals surface area contributed by atoms with E-state index in [-0.39, 0.29) is 23.9 Å². The van der Waals surface area contributed by atoms with Gasteiger partial charge in [-0.05, 0) is 24.0 Å². The van der Waals surface area contributed by atoms with E-state index in [1.54, 1.807) is 17.0 Å². The summed E-state index contributed by atoms with van der Waals surface area (Å²) < 4.78 is 1.54. The van der Waals surface area contributed by atoms with E-state index in [0.29, 0.717) is 35.7 Å². The third kappa shape index (κ3) is 3.03. The summed E-state index contributed by atoms with van der Waals surface area (Å²) in [6, 6.07) is 7.29. The Balaban J connectivity index is 0.00000169. The van der Waals surface area contributed by atoms with Gasteiger partial charge in [-0.1, -0.05) is 12.1 Å². The minimum Gasteiger partial charge on any atom is -0.342 e. The number of hydrogen-bond donors (Lipinski definition) is 1. The number of aromatic nitrogens is 2. The molecule has 2 aromatic rings. The quantitative estimate of drug-likeness (QED) is 0.894. The molecular formula is C17H21ClN4O2. The fourth-order valence-electron chi connectivity index (χ4n) is 3.70. The molecule has 0 aliphatic carbocycles. The molecule has 1 aromatic carbocycles. The largest absolute Gasteiger partial charge is 0.342 e. The van der Waals surface area contributed by atoms with E-state index in [9.17, 15) is 9.59 Å². The van der Waals surface area contributed by atoms with Crippen LogP contribution in [0.5, 0.6) is 0 Å². The van der Waals surface area contributed by atoms with Gasteiger partial charge in [-0.2, -0.15) is 0 Å². The first-order valence-corrected chi connectivity index (χ1v) is 8.15. The van der Waals surface area contributed by atoms with E-state index >= 15 is 0 Å². The zero-order chi connectivity index (χ0) is 15.8. The molecule has 1 N–H and O–H groups in total. The second-order valence-electron chi connectivity index (χ2n) is 6.49. The molecule has 1 aromatic heterocycles. The van der Waals surface area contributed by atoms with Gasteiger partial charge in [0.2, 0.25) is 5.91 Å². The number of halogens is 1. The Bertz CT molecular complexity index is 795. The van der Waals surface area contributed by atoms with E-state index in [1.807, 2.05) is 23.1 Å². The molecule has 2 saturated heterocycles. The van der Waals surface area contributed by atoms with Crippen molar-refractivity contribution in [3.63, 3.8) is 0 Å². The number of hydrogen-bond acceptors (Lipinski definition) is 4. The van der Waals surface area contributed by atoms with E-state index in [2.05, 4.69) is 10.3 Å². The molecule has 24 heavy (non-hydrogen) atoms. The summed E-state index contributed by atoms with van der Waals surface area (Å²) in [6.45, 7) is 4.12. The van der Waals surface area contributed by atoms with Crippen LogP contribution in [0.2, 0.25) is 0 Å². The number of likely N-dealkylation sites (tertiary alicyclic amines) is 1. The molecule has 0 radical (unpaired) electrons. The summed E-state index contributed by atoms with van der Waals surface area (Å²) in [4.78, 5) is 31.1. The van der Waals surface area contributed by atoms with Crippen LogP contribution in [0.25, 0.3) is 10.9 Å².